The van der Waals surface area contributed by atoms with Gasteiger partial charge in [0.1, 0.15) is 23.9 Å². The number of hydrogen-bond acceptors (Lipinski definition) is 9. The Balaban J connectivity index is 1.41. The Hall–Kier alpha value is -2.82. The van der Waals surface area contributed by atoms with Gasteiger partial charge in [0.25, 0.3) is 0 Å². The number of anilines is 1. The normalized spacial score (nSPS) is 20.6. The molecule has 1 N–H and O–H groups in total. The van der Waals surface area contributed by atoms with Gasteiger partial charge in [-0.05, 0) is 71.1 Å². The van der Waals surface area contributed by atoms with Crippen LogP contribution >= 0.6 is 0 Å². The lowest BCUT2D eigenvalue weighted by Gasteiger charge is -2.25. The van der Waals surface area contributed by atoms with Crippen molar-refractivity contribution in [1.82, 2.24) is 15.3 Å². The summed E-state index contributed by atoms with van der Waals surface area (Å²) >= 11 is 0. The van der Waals surface area contributed by atoms with E-state index in [9.17, 15) is 4.79 Å². The quantitative estimate of drug-likeness (QED) is 0.191. The Morgan fingerprint density at radius 1 is 1.16 bits per heavy atom. The van der Waals surface area contributed by atoms with Gasteiger partial charge in [0.15, 0.2) is 12.1 Å². The van der Waals surface area contributed by atoms with Crippen molar-refractivity contribution in [2.24, 2.45) is 4.99 Å². The number of ether oxygens (including phenoxy) is 4. The number of aliphatic imine (C=N–C) groups is 1. The van der Waals surface area contributed by atoms with E-state index in [2.05, 4.69) is 17.0 Å². The number of carbonyl (C=O) groups is 1. The van der Waals surface area contributed by atoms with Crippen molar-refractivity contribution >= 4 is 24.1 Å². The molecule has 3 heterocycles. The molecule has 0 aromatic carbocycles. The molecule has 1 aliphatic carbocycles. The first-order valence-electron chi connectivity index (χ1n) is 13.8. The Kier molecular flexibility index (Phi) is 10.7. The molecule has 0 saturated carbocycles. The van der Waals surface area contributed by atoms with Crippen molar-refractivity contribution < 1.29 is 23.7 Å². The maximum absolute atomic E-state index is 12.8. The van der Waals surface area contributed by atoms with Gasteiger partial charge >= 0.3 is 0 Å². The third kappa shape index (κ3) is 7.85. The molecule has 3 aliphatic rings. The van der Waals surface area contributed by atoms with Crippen LogP contribution in [0.5, 0.6) is 0 Å². The third-order valence-corrected chi connectivity index (χ3v) is 7.00. The largest absolute Gasteiger partial charge is 0.491 e. The number of nitrogens with zero attached hydrogens (tertiary/aromatic N) is 4. The molecule has 1 aromatic rings. The summed E-state index contributed by atoms with van der Waals surface area (Å²) in [5.74, 6) is 1.86. The highest BCUT2D eigenvalue weighted by Gasteiger charge is 2.24. The van der Waals surface area contributed by atoms with E-state index in [0.717, 1.165) is 75.0 Å². The smallest absolute Gasteiger partial charge is 0.239 e. The molecule has 10 heteroatoms. The minimum atomic E-state index is -0.142. The Labute approximate surface area is 225 Å². The molecule has 10 nitrogen and oxygen atoms in total. The molecule has 0 spiro atoms. The molecule has 4 rings (SSSR count). The van der Waals surface area contributed by atoms with Crippen LogP contribution in [0.25, 0.3) is 5.70 Å². The average Bonchev–Trinajstić information content (AvgIpc) is 3.42. The molecule has 2 saturated heterocycles. The van der Waals surface area contributed by atoms with Gasteiger partial charge in [0, 0.05) is 50.2 Å². The van der Waals surface area contributed by atoms with Gasteiger partial charge in [0.2, 0.25) is 5.91 Å². The van der Waals surface area contributed by atoms with E-state index in [1.165, 1.54) is 0 Å². The van der Waals surface area contributed by atoms with Crippen molar-refractivity contribution in [3.63, 3.8) is 0 Å². The molecule has 1 unspecified atom stereocenters. The number of amides is 1. The number of rotatable bonds is 12. The van der Waals surface area contributed by atoms with Crippen molar-refractivity contribution in [2.75, 3.05) is 51.5 Å². The number of likely N-dealkylation sites (N-methyl/N-ethyl adjacent to an activating group) is 1. The first-order chi connectivity index (χ1) is 18.6. The molecule has 2 fully saturated rings. The van der Waals surface area contributed by atoms with Gasteiger partial charge in [-0.1, -0.05) is 0 Å². The van der Waals surface area contributed by atoms with Crippen LogP contribution in [0, 0.1) is 0 Å². The summed E-state index contributed by atoms with van der Waals surface area (Å²) in [6.45, 7) is 8.83. The standard InChI is InChI=1S/C28H41N5O5/c1-4-21(36-16-17-38-26-10-5-6-13-37-26)18-24(29-2)27-31-23-9-7-8-22(23)28(32-27)33(3)19-25(34)30-20-11-14-35-15-12-20/h4,18,20,26H,2,5-17,19H2,1,3H3,(H,30,34)/b21-4+,24-18-. The van der Waals surface area contributed by atoms with Gasteiger partial charge in [-0.3, -0.25) is 9.79 Å². The van der Waals surface area contributed by atoms with Gasteiger partial charge in [0.05, 0.1) is 13.2 Å². The third-order valence-electron chi connectivity index (χ3n) is 7.00. The lowest BCUT2D eigenvalue weighted by atomic mass is 10.1. The first-order valence-corrected chi connectivity index (χ1v) is 13.8. The highest BCUT2D eigenvalue weighted by Crippen LogP contribution is 2.30. The zero-order chi connectivity index (χ0) is 26.7. The van der Waals surface area contributed by atoms with E-state index in [4.69, 9.17) is 28.9 Å². The van der Waals surface area contributed by atoms with E-state index >= 15 is 0 Å². The fourth-order valence-corrected chi connectivity index (χ4v) is 4.95. The summed E-state index contributed by atoms with van der Waals surface area (Å²) in [7, 11) is 1.90. The molecule has 2 aliphatic heterocycles. The van der Waals surface area contributed by atoms with Crippen molar-refractivity contribution in [3.05, 3.63) is 35.0 Å². The van der Waals surface area contributed by atoms with E-state index in [1.54, 1.807) is 6.08 Å². The summed E-state index contributed by atoms with van der Waals surface area (Å²) in [5.41, 5.74) is 2.62. The highest BCUT2D eigenvalue weighted by molar-refractivity contribution is 5.81. The summed E-state index contributed by atoms with van der Waals surface area (Å²) in [5, 5.41) is 3.13. The lowest BCUT2D eigenvalue weighted by molar-refractivity contribution is -0.167. The zero-order valence-corrected chi connectivity index (χ0v) is 22.7. The minimum absolute atomic E-state index is 0.0191. The number of carbonyl (C=O) groups excluding carboxylic acids is 1. The maximum atomic E-state index is 12.8. The number of nitrogens with one attached hydrogen (secondary N) is 1. The number of hydrogen-bond donors (Lipinski definition) is 1. The molecule has 1 amide bonds. The predicted molar refractivity (Wildman–Crippen MR) is 146 cm³/mol. The van der Waals surface area contributed by atoms with Gasteiger partial charge < -0.3 is 29.2 Å². The molecular formula is C28H41N5O5. The molecule has 1 atom stereocenters. The molecule has 0 bridgehead atoms. The van der Waals surface area contributed by atoms with Crippen LogP contribution in [0.3, 0.4) is 0 Å². The topological polar surface area (TPSA) is 107 Å². The van der Waals surface area contributed by atoms with Crippen LogP contribution < -0.4 is 10.2 Å². The zero-order valence-electron chi connectivity index (χ0n) is 22.7. The van der Waals surface area contributed by atoms with Crippen LogP contribution in [0.4, 0.5) is 5.82 Å². The summed E-state index contributed by atoms with van der Waals surface area (Å²) in [6.07, 6.45) is 11.1. The van der Waals surface area contributed by atoms with Gasteiger partial charge in [-0.2, -0.15) is 0 Å². The van der Waals surface area contributed by atoms with Crippen LogP contribution in [-0.2, 0) is 36.6 Å². The first kappa shape index (κ1) is 28.2. The van der Waals surface area contributed by atoms with Gasteiger partial charge in [-0.15, -0.1) is 0 Å². The number of aromatic nitrogens is 2. The summed E-state index contributed by atoms with van der Waals surface area (Å²) < 4.78 is 22.7. The van der Waals surface area contributed by atoms with E-state index < -0.39 is 0 Å². The summed E-state index contributed by atoms with van der Waals surface area (Å²) in [6, 6.07) is 0.163. The molecule has 1 aromatic heterocycles. The Bertz CT molecular complexity index is 1020. The SMILES string of the molecule is C=N/C(=C\C(=C/C)OCCOC1CCCCO1)c1nc2c(c(N(C)CC(=O)NC3CCOCC3)n1)CCC2. The molecule has 0 radical (unpaired) electrons. The Morgan fingerprint density at radius 2 is 2.00 bits per heavy atom. The van der Waals surface area contributed by atoms with Crippen molar-refractivity contribution in [3.8, 4) is 0 Å². The van der Waals surface area contributed by atoms with E-state index in [-0.39, 0.29) is 24.8 Å². The second kappa shape index (κ2) is 14.4. The lowest BCUT2D eigenvalue weighted by Crippen LogP contribution is -2.43. The second-order valence-corrected chi connectivity index (χ2v) is 9.85. The number of fused-ring (bicyclic) bond motifs is 1. The number of aryl methyl sites for hydroxylation is 1. The van der Waals surface area contributed by atoms with Crippen molar-refractivity contribution in [1.29, 1.82) is 0 Å². The molecule has 208 valence electrons. The average molecular weight is 528 g/mol. The molecule has 38 heavy (non-hydrogen) atoms. The minimum Gasteiger partial charge on any atom is -0.491 e. The fourth-order valence-electron chi connectivity index (χ4n) is 4.95. The molecular weight excluding hydrogens is 486 g/mol. The summed E-state index contributed by atoms with van der Waals surface area (Å²) in [4.78, 5) is 28.5. The van der Waals surface area contributed by atoms with Gasteiger partial charge in [-0.25, -0.2) is 9.97 Å². The predicted octanol–water partition coefficient (Wildman–Crippen LogP) is 3.20. The second-order valence-electron chi connectivity index (χ2n) is 9.85. The van der Waals surface area contributed by atoms with Crippen LogP contribution in [-0.4, -0.2) is 81.6 Å². The van der Waals surface area contributed by atoms with Crippen LogP contribution in [0.15, 0.2) is 22.9 Å². The van der Waals surface area contributed by atoms with E-state index in [1.807, 2.05) is 24.9 Å². The van der Waals surface area contributed by atoms with E-state index in [0.29, 0.717) is 43.7 Å². The fraction of sp³-hybridized carbons (Fsp3) is 0.643. The number of allylic oxidation sites excluding steroid dienone is 2. The maximum Gasteiger partial charge on any atom is 0.239 e. The van der Waals surface area contributed by atoms with Crippen molar-refractivity contribution in [2.45, 2.75) is 70.6 Å². The monoisotopic (exact) mass is 527 g/mol. The van der Waals surface area contributed by atoms with Crippen LogP contribution in [0.1, 0.15) is 62.5 Å². The van der Waals surface area contributed by atoms with Crippen LogP contribution in [0.2, 0.25) is 0 Å². The Morgan fingerprint density at radius 3 is 2.74 bits per heavy atom. The highest BCUT2D eigenvalue weighted by atomic mass is 16.7.